The van der Waals surface area contributed by atoms with Crippen LogP contribution in [0.5, 0.6) is 11.5 Å². The molecule has 8 heteroatoms. The monoisotopic (exact) mass is 515 g/mol. The van der Waals surface area contributed by atoms with Gasteiger partial charge in [0.05, 0.1) is 12.7 Å². The van der Waals surface area contributed by atoms with Gasteiger partial charge < -0.3 is 30.0 Å². The number of carboxylic acid groups (broad SMARTS) is 1. The summed E-state index contributed by atoms with van der Waals surface area (Å²) in [5.41, 5.74) is 0.478. The maximum absolute atomic E-state index is 11.5. The molecule has 37 heavy (non-hydrogen) atoms. The molecule has 2 heterocycles. The second-order valence-electron chi connectivity index (χ2n) is 10.2. The van der Waals surface area contributed by atoms with Crippen LogP contribution in [-0.4, -0.2) is 67.7 Å². The summed E-state index contributed by atoms with van der Waals surface area (Å²) in [5, 5.41) is 17.1. The van der Waals surface area contributed by atoms with Crippen molar-refractivity contribution < 1.29 is 24.1 Å². The molecule has 206 valence electrons. The summed E-state index contributed by atoms with van der Waals surface area (Å²) in [5.74, 6) is 0.0117. The summed E-state index contributed by atoms with van der Waals surface area (Å²) in [4.78, 5) is 15.8. The van der Waals surface area contributed by atoms with Crippen LogP contribution < -0.4 is 20.1 Å². The highest BCUT2D eigenvalue weighted by molar-refractivity contribution is 5.95. The lowest BCUT2D eigenvalue weighted by atomic mass is 10.1. The minimum absolute atomic E-state index is 0.0539. The van der Waals surface area contributed by atoms with Crippen molar-refractivity contribution in [3.8, 4) is 11.5 Å². The van der Waals surface area contributed by atoms with E-state index in [-0.39, 0.29) is 11.8 Å². The van der Waals surface area contributed by atoms with Crippen LogP contribution in [0, 0.1) is 0 Å². The number of pyridine rings is 1. The molecule has 0 bridgehead atoms. The maximum atomic E-state index is 11.5. The molecule has 3 N–H and O–H groups in total. The quantitative estimate of drug-likeness (QED) is 0.294. The molecular formula is C29H45N3O5. The number of hydrogen-bond acceptors (Lipinski definition) is 7. The molecule has 1 aliphatic carbocycles. The Kier molecular flexibility index (Phi) is 12.4. The third-order valence-electron chi connectivity index (χ3n) is 6.81. The predicted octanol–water partition coefficient (Wildman–Crippen LogP) is 5.19. The normalized spacial score (nSPS) is 18.6. The van der Waals surface area contributed by atoms with Gasteiger partial charge in [-0.2, -0.15) is 0 Å². The van der Waals surface area contributed by atoms with Crippen LogP contribution in [0.3, 0.4) is 0 Å². The lowest BCUT2D eigenvalue weighted by molar-refractivity contribution is 0.0690. The molecule has 1 saturated carbocycles. The van der Waals surface area contributed by atoms with E-state index in [0.29, 0.717) is 36.3 Å². The Morgan fingerprint density at radius 2 is 1.84 bits per heavy atom. The Morgan fingerprint density at radius 1 is 1.08 bits per heavy atom. The van der Waals surface area contributed by atoms with Crippen molar-refractivity contribution in [2.75, 3.05) is 33.4 Å². The Balaban J connectivity index is 0.000000289. The number of fused-ring (bicyclic) bond motifs is 1. The summed E-state index contributed by atoms with van der Waals surface area (Å²) in [6.07, 6.45) is 11.1. The van der Waals surface area contributed by atoms with E-state index in [4.69, 9.17) is 14.2 Å². The largest absolute Gasteiger partial charge is 0.490 e. The van der Waals surface area contributed by atoms with Crippen molar-refractivity contribution in [3.63, 3.8) is 0 Å². The van der Waals surface area contributed by atoms with Crippen molar-refractivity contribution >= 4 is 16.9 Å². The highest BCUT2D eigenvalue weighted by Crippen LogP contribution is 2.33. The SMILES string of the molecule is CC(C)NCC1CCCCN1.COCCOc1cc(C(=O)O)nc2c(OC3CCCCCC3)cccc12. The number of aromatic nitrogens is 1. The molecule has 4 rings (SSSR count). The maximum Gasteiger partial charge on any atom is 0.354 e. The first-order valence-electron chi connectivity index (χ1n) is 13.9. The van der Waals surface area contributed by atoms with Crippen molar-refractivity contribution in [2.45, 2.75) is 89.8 Å². The molecule has 0 amide bonds. The standard InChI is InChI=1S/C20H25NO5.C9H20N2/c1-24-11-12-25-18-13-16(20(22)23)21-19-15(18)9-6-10-17(19)26-14-7-4-2-3-5-8-14;1-8(2)11-7-9-5-3-4-6-10-9/h6,9-10,13-14H,2-5,7-8,11-12H2,1H3,(H,22,23);8-11H,3-7H2,1-2H3. The Labute approximate surface area is 221 Å². The average Bonchev–Trinajstić information content (AvgIpc) is 3.17. The lowest BCUT2D eigenvalue weighted by Gasteiger charge is -2.24. The first-order valence-corrected chi connectivity index (χ1v) is 13.9. The van der Waals surface area contributed by atoms with E-state index in [0.717, 1.165) is 43.7 Å². The number of aromatic carboxylic acids is 1. The Morgan fingerprint density at radius 3 is 2.49 bits per heavy atom. The molecule has 1 saturated heterocycles. The number of nitrogens with one attached hydrogen (secondary N) is 2. The number of rotatable bonds is 10. The zero-order valence-corrected chi connectivity index (χ0v) is 22.8. The molecule has 2 fully saturated rings. The summed E-state index contributed by atoms with van der Waals surface area (Å²) >= 11 is 0. The van der Waals surface area contributed by atoms with Gasteiger partial charge in [0.2, 0.25) is 0 Å². The van der Waals surface area contributed by atoms with Crippen LogP contribution in [-0.2, 0) is 4.74 Å². The first kappa shape index (κ1) is 29.1. The number of ether oxygens (including phenoxy) is 3. The number of carbonyl (C=O) groups is 1. The average molecular weight is 516 g/mol. The number of nitrogens with zero attached hydrogens (tertiary/aromatic N) is 1. The molecule has 1 unspecified atom stereocenters. The Hall–Kier alpha value is -2.42. The molecule has 2 aliphatic rings. The third kappa shape index (κ3) is 9.76. The van der Waals surface area contributed by atoms with Crippen molar-refractivity contribution in [3.05, 3.63) is 30.0 Å². The molecule has 8 nitrogen and oxygen atoms in total. The first-order chi connectivity index (χ1) is 18.0. The second kappa shape index (κ2) is 15.7. The zero-order chi connectivity index (χ0) is 26.5. The van der Waals surface area contributed by atoms with Crippen LogP contribution in [0.25, 0.3) is 10.9 Å². The van der Waals surface area contributed by atoms with Crippen LogP contribution in [0.2, 0.25) is 0 Å². The van der Waals surface area contributed by atoms with Gasteiger partial charge in [-0.1, -0.05) is 39.2 Å². The van der Waals surface area contributed by atoms with E-state index >= 15 is 0 Å². The summed E-state index contributed by atoms with van der Waals surface area (Å²) in [6.45, 7) is 7.50. The molecule has 0 spiro atoms. The van der Waals surface area contributed by atoms with Gasteiger partial charge in [0.15, 0.2) is 5.69 Å². The van der Waals surface area contributed by atoms with Crippen molar-refractivity contribution in [1.82, 2.24) is 15.6 Å². The molecule has 0 radical (unpaired) electrons. The van der Waals surface area contributed by atoms with Gasteiger partial charge in [-0.25, -0.2) is 9.78 Å². The molecule has 1 atom stereocenters. The third-order valence-corrected chi connectivity index (χ3v) is 6.81. The molecule has 1 aliphatic heterocycles. The molecule has 1 aromatic heterocycles. The summed E-state index contributed by atoms with van der Waals surface area (Å²) in [7, 11) is 1.59. The number of para-hydroxylation sites is 1. The minimum atomic E-state index is -1.09. The van der Waals surface area contributed by atoms with Gasteiger partial charge in [-0.05, 0) is 57.2 Å². The van der Waals surface area contributed by atoms with Gasteiger partial charge in [0.1, 0.15) is 23.6 Å². The zero-order valence-electron chi connectivity index (χ0n) is 22.8. The smallest absolute Gasteiger partial charge is 0.354 e. The predicted molar refractivity (Wildman–Crippen MR) is 147 cm³/mol. The van der Waals surface area contributed by atoms with E-state index < -0.39 is 5.97 Å². The highest BCUT2D eigenvalue weighted by atomic mass is 16.5. The van der Waals surface area contributed by atoms with E-state index in [9.17, 15) is 9.90 Å². The molecule has 1 aromatic carbocycles. The molecule has 2 aromatic rings. The van der Waals surface area contributed by atoms with Crippen molar-refractivity contribution in [2.24, 2.45) is 0 Å². The van der Waals surface area contributed by atoms with Crippen LogP contribution in [0.1, 0.15) is 82.1 Å². The van der Waals surface area contributed by atoms with Crippen molar-refractivity contribution in [1.29, 1.82) is 0 Å². The van der Waals surface area contributed by atoms with Gasteiger partial charge in [-0.3, -0.25) is 0 Å². The second-order valence-corrected chi connectivity index (χ2v) is 10.2. The van der Waals surface area contributed by atoms with Gasteiger partial charge >= 0.3 is 5.97 Å². The topological polar surface area (TPSA) is 102 Å². The fraction of sp³-hybridized carbons (Fsp3) is 0.655. The van der Waals surface area contributed by atoms with E-state index in [2.05, 4.69) is 29.5 Å². The number of carboxylic acids is 1. The van der Waals surface area contributed by atoms with Crippen LogP contribution in [0.4, 0.5) is 0 Å². The van der Waals surface area contributed by atoms with Crippen LogP contribution in [0.15, 0.2) is 24.3 Å². The van der Waals surface area contributed by atoms with E-state index in [1.165, 1.54) is 44.7 Å². The van der Waals surface area contributed by atoms with Gasteiger partial charge in [-0.15, -0.1) is 0 Å². The number of benzene rings is 1. The number of methoxy groups -OCH3 is 1. The Bertz CT molecular complexity index is 954. The summed E-state index contributed by atoms with van der Waals surface area (Å²) in [6, 6.07) is 8.42. The minimum Gasteiger partial charge on any atom is -0.490 e. The van der Waals surface area contributed by atoms with E-state index in [1.807, 2.05) is 18.2 Å². The fourth-order valence-corrected chi connectivity index (χ4v) is 4.77. The number of hydrogen-bond donors (Lipinski definition) is 3. The van der Waals surface area contributed by atoms with Gasteiger partial charge in [0, 0.05) is 37.2 Å². The fourth-order valence-electron chi connectivity index (χ4n) is 4.77. The summed E-state index contributed by atoms with van der Waals surface area (Å²) < 4.78 is 17.0. The van der Waals surface area contributed by atoms with Gasteiger partial charge in [0.25, 0.3) is 0 Å². The van der Waals surface area contributed by atoms with Crippen LogP contribution >= 0.6 is 0 Å². The molecular weight excluding hydrogens is 470 g/mol. The number of piperidine rings is 1. The van der Waals surface area contributed by atoms with E-state index in [1.54, 1.807) is 7.11 Å². The highest BCUT2D eigenvalue weighted by Gasteiger charge is 2.19. The lowest BCUT2D eigenvalue weighted by Crippen LogP contribution is -2.43.